The highest BCUT2D eigenvalue weighted by Gasteiger charge is 2.15. The zero-order chi connectivity index (χ0) is 20.1. The van der Waals surface area contributed by atoms with Gasteiger partial charge >= 0.3 is 0 Å². The van der Waals surface area contributed by atoms with Crippen molar-refractivity contribution in [2.45, 2.75) is 25.8 Å². The molecule has 0 aliphatic heterocycles. The van der Waals surface area contributed by atoms with Crippen molar-refractivity contribution in [3.63, 3.8) is 0 Å². The standard InChI is InChI=1S/C26H24N2O/c1-19(16-17-20-10-4-2-5-11-20)27-26(29)23-18-25(21-12-6-3-7-13-21)28-24-15-9-8-14-22(23)24/h2-15,18-19H,16-17H2,1H3,(H,27,29)/t19-/m0/s1. The highest BCUT2D eigenvalue weighted by molar-refractivity contribution is 6.07. The average molecular weight is 380 g/mol. The number of pyridine rings is 1. The number of hydrogen-bond acceptors (Lipinski definition) is 2. The molecule has 4 rings (SSSR count). The molecule has 29 heavy (non-hydrogen) atoms. The van der Waals surface area contributed by atoms with Gasteiger partial charge in [0.25, 0.3) is 5.91 Å². The van der Waals surface area contributed by atoms with Gasteiger partial charge in [0.05, 0.1) is 16.8 Å². The molecule has 1 amide bonds. The van der Waals surface area contributed by atoms with Gasteiger partial charge in [0.2, 0.25) is 0 Å². The quantitative estimate of drug-likeness (QED) is 0.469. The molecule has 0 saturated carbocycles. The van der Waals surface area contributed by atoms with Gasteiger partial charge in [0.1, 0.15) is 0 Å². The lowest BCUT2D eigenvalue weighted by atomic mass is 10.0. The van der Waals surface area contributed by atoms with Crippen LogP contribution in [0.4, 0.5) is 0 Å². The van der Waals surface area contributed by atoms with Crippen molar-refractivity contribution < 1.29 is 4.79 Å². The average Bonchev–Trinajstić information content (AvgIpc) is 2.78. The van der Waals surface area contributed by atoms with Gasteiger partial charge < -0.3 is 5.32 Å². The van der Waals surface area contributed by atoms with Crippen LogP contribution in [0.15, 0.2) is 91.0 Å². The summed E-state index contributed by atoms with van der Waals surface area (Å²) in [5.41, 5.74) is 4.60. The molecule has 1 atom stereocenters. The zero-order valence-corrected chi connectivity index (χ0v) is 16.5. The first-order valence-electron chi connectivity index (χ1n) is 10.0. The fourth-order valence-corrected chi connectivity index (χ4v) is 3.52. The van der Waals surface area contributed by atoms with Crippen molar-refractivity contribution in [2.75, 3.05) is 0 Å². The summed E-state index contributed by atoms with van der Waals surface area (Å²) in [7, 11) is 0. The molecule has 3 heteroatoms. The van der Waals surface area contributed by atoms with E-state index in [0.717, 1.165) is 35.0 Å². The van der Waals surface area contributed by atoms with E-state index in [2.05, 4.69) is 24.4 Å². The number of carbonyl (C=O) groups excluding carboxylic acids is 1. The van der Waals surface area contributed by atoms with Crippen LogP contribution in [-0.2, 0) is 6.42 Å². The van der Waals surface area contributed by atoms with Gasteiger partial charge in [-0.1, -0.05) is 78.9 Å². The number of amides is 1. The van der Waals surface area contributed by atoms with Crippen molar-refractivity contribution in [1.82, 2.24) is 10.3 Å². The Kier molecular flexibility index (Phi) is 5.66. The van der Waals surface area contributed by atoms with Crippen LogP contribution < -0.4 is 5.32 Å². The van der Waals surface area contributed by atoms with Crippen LogP contribution >= 0.6 is 0 Å². The third kappa shape index (κ3) is 4.52. The predicted octanol–water partition coefficient (Wildman–Crippen LogP) is 5.65. The summed E-state index contributed by atoms with van der Waals surface area (Å²) in [6, 6.07) is 30.1. The normalized spacial score (nSPS) is 11.9. The summed E-state index contributed by atoms with van der Waals surface area (Å²) >= 11 is 0. The van der Waals surface area contributed by atoms with Crippen molar-refractivity contribution in [2.24, 2.45) is 0 Å². The number of nitrogens with one attached hydrogen (secondary N) is 1. The molecule has 1 heterocycles. The van der Waals surface area contributed by atoms with E-state index in [9.17, 15) is 4.79 Å². The number of rotatable bonds is 6. The van der Waals surface area contributed by atoms with Gasteiger partial charge in [-0.3, -0.25) is 4.79 Å². The van der Waals surface area contributed by atoms with Crippen LogP contribution in [0.5, 0.6) is 0 Å². The van der Waals surface area contributed by atoms with Crippen molar-refractivity contribution in [3.05, 3.63) is 102 Å². The van der Waals surface area contributed by atoms with E-state index in [0.29, 0.717) is 5.56 Å². The molecule has 1 aromatic heterocycles. The minimum absolute atomic E-state index is 0.0543. The van der Waals surface area contributed by atoms with E-state index in [1.54, 1.807) is 0 Å². The fourth-order valence-electron chi connectivity index (χ4n) is 3.52. The minimum atomic E-state index is -0.0543. The zero-order valence-electron chi connectivity index (χ0n) is 16.5. The largest absolute Gasteiger partial charge is 0.350 e. The molecule has 0 radical (unpaired) electrons. The smallest absolute Gasteiger partial charge is 0.252 e. The van der Waals surface area contributed by atoms with E-state index in [1.807, 2.05) is 78.9 Å². The summed E-state index contributed by atoms with van der Waals surface area (Å²) in [4.78, 5) is 17.9. The molecule has 4 aromatic rings. The Morgan fingerprint density at radius 3 is 2.31 bits per heavy atom. The number of aryl methyl sites for hydroxylation is 1. The molecule has 3 nitrogen and oxygen atoms in total. The first-order chi connectivity index (χ1) is 14.2. The fraction of sp³-hybridized carbons (Fsp3) is 0.154. The van der Waals surface area contributed by atoms with Crippen LogP contribution in [0, 0.1) is 0 Å². The van der Waals surface area contributed by atoms with Gasteiger partial charge in [0, 0.05) is 17.0 Å². The summed E-state index contributed by atoms with van der Waals surface area (Å²) < 4.78 is 0. The summed E-state index contributed by atoms with van der Waals surface area (Å²) in [6.45, 7) is 2.06. The topological polar surface area (TPSA) is 42.0 Å². The van der Waals surface area contributed by atoms with E-state index in [4.69, 9.17) is 4.98 Å². The third-order valence-corrected chi connectivity index (χ3v) is 5.12. The number of para-hydroxylation sites is 1. The Bertz CT molecular complexity index is 1110. The molecule has 3 aromatic carbocycles. The first kappa shape index (κ1) is 18.9. The third-order valence-electron chi connectivity index (χ3n) is 5.12. The number of carbonyl (C=O) groups is 1. The maximum absolute atomic E-state index is 13.1. The second kappa shape index (κ2) is 8.70. The van der Waals surface area contributed by atoms with E-state index in [1.165, 1.54) is 5.56 Å². The van der Waals surface area contributed by atoms with Crippen molar-refractivity contribution >= 4 is 16.8 Å². The molecule has 0 aliphatic carbocycles. The lowest BCUT2D eigenvalue weighted by Crippen LogP contribution is -2.33. The van der Waals surface area contributed by atoms with Gasteiger partial charge in [-0.2, -0.15) is 0 Å². The van der Waals surface area contributed by atoms with E-state index >= 15 is 0 Å². The lowest BCUT2D eigenvalue weighted by molar-refractivity contribution is 0.0940. The first-order valence-corrected chi connectivity index (χ1v) is 10.0. The Morgan fingerprint density at radius 2 is 1.55 bits per heavy atom. The van der Waals surface area contributed by atoms with Crippen LogP contribution in [0.2, 0.25) is 0 Å². The van der Waals surface area contributed by atoms with Crippen molar-refractivity contribution in [3.8, 4) is 11.3 Å². The molecule has 144 valence electrons. The summed E-state index contributed by atoms with van der Waals surface area (Å²) in [5.74, 6) is -0.0543. The number of hydrogen-bond donors (Lipinski definition) is 1. The van der Waals surface area contributed by atoms with Crippen LogP contribution in [0.1, 0.15) is 29.3 Å². The Balaban J connectivity index is 1.58. The predicted molar refractivity (Wildman–Crippen MR) is 119 cm³/mol. The molecular formula is C26H24N2O. The van der Waals surface area contributed by atoms with Crippen LogP contribution in [0.3, 0.4) is 0 Å². The Hall–Kier alpha value is -3.46. The highest BCUT2D eigenvalue weighted by Crippen LogP contribution is 2.25. The van der Waals surface area contributed by atoms with Gasteiger partial charge in [-0.15, -0.1) is 0 Å². The number of fused-ring (bicyclic) bond motifs is 1. The molecule has 1 N–H and O–H groups in total. The molecule has 0 spiro atoms. The summed E-state index contributed by atoms with van der Waals surface area (Å²) in [5, 5.41) is 4.05. The highest BCUT2D eigenvalue weighted by atomic mass is 16.1. The minimum Gasteiger partial charge on any atom is -0.350 e. The molecule has 0 unspecified atom stereocenters. The Morgan fingerprint density at radius 1 is 0.897 bits per heavy atom. The number of aromatic nitrogens is 1. The Labute approximate surface area is 171 Å². The van der Waals surface area contributed by atoms with Crippen molar-refractivity contribution in [1.29, 1.82) is 0 Å². The number of nitrogens with zero attached hydrogens (tertiary/aromatic N) is 1. The van der Waals surface area contributed by atoms with Crippen LogP contribution in [0.25, 0.3) is 22.2 Å². The molecule has 0 fully saturated rings. The number of benzene rings is 3. The lowest BCUT2D eigenvalue weighted by Gasteiger charge is -2.16. The molecular weight excluding hydrogens is 356 g/mol. The molecule has 0 aliphatic rings. The monoisotopic (exact) mass is 380 g/mol. The SMILES string of the molecule is C[C@@H](CCc1ccccc1)NC(=O)c1cc(-c2ccccc2)nc2ccccc12. The van der Waals surface area contributed by atoms with Gasteiger partial charge in [-0.05, 0) is 37.5 Å². The van der Waals surface area contributed by atoms with Gasteiger partial charge in [0.15, 0.2) is 0 Å². The molecule has 0 saturated heterocycles. The maximum atomic E-state index is 13.1. The van der Waals surface area contributed by atoms with E-state index in [-0.39, 0.29) is 11.9 Å². The van der Waals surface area contributed by atoms with E-state index < -0.39 is 0 Å². The van der Waals surface area contributed by atoms with Crippen LogP contribution in [-0.4, -0.2) is 16.9 Å². The summed E-state index contributed by atoms with van der Waals surface area (Å²) in [6.07, 6.45) is 1.83. The second-order valence-corrected chi connectivity index (χ2v) is 7.34. The van der Waals surface area contributed by atoms with Gasteiger partial charge in [-0.25, -0.2) is 4.98 Å². The second-order valence-electron chi connectivity index (χ2n) is 7.34. The maximum Gasteiger partial charge on any atom is 0.252 e. The molecule has 0 bridgehead atoms.